The highest BCUT2D eigenvalue weighted by molar-refractivity contribution is 7.93. The minimum absolute atomic E-state index is 0.0993. The molecule has 0 spiro atoms. The first-order valence-corrected chi connectivity index (χ1v) is 13.3. The normalized spacial score (nSPS) is 12.1. The summed E-state index contributed by atoms with van der Waals surface area (Å²) in [6, 6.07) is 13.1. The van der Waals surface area contributed by atoms with Crippen LogP contribution in [0.5, 0.6) is 0 Å². The number of anilines is 2. The third-order valence-electron chi connectivity index (χ3n) is 4.76. The van der Waals surface area contributed by atoms with E-state index in [2.05, 4.69) is 25.3 Å². The Labute approximate surface area is 223 Å². The zero-order chi connectivity index (χ0) is 27.2. The molecule has 1 atom stereocenters. The first-order valence-electron chi connectivity index (χ1n) is 10.6. The summed E-state index contributed by atoms with van der Waals surface area (Å²) in [5, 5.41) is 8.25. The van der Waals surface area contributed by atoms with E-state index in [-0.39, 0.29) is 39.1 Å². The summed E-state index contributed by atoms with van der Waals surface area (Å²) in [4.78, 5) is 52.7. The zero-order valence-corrected chi connectivity index (χ0v) is 21.9. The van der Waals surface area contributed by atoms with E-state index in [1.165, 1.54) is 67.9 Å². The van der Waals surface area contributed by atoms with Crippen LogP contribution in [-0.4, -0.2) is 45.6 Å². The van der Waals surface area contributed by atoms with Gasteiger partial charge in [0.1, 0.15) is 5.82 Å². The number of amides is 4. The lowest BCUT2D eigenvalue weighted by Crippen LogP contribution is -2.26. The Morgan fingerprint density at radius 3 is 2.22 bits per heavy atom. The van der Waals surface area contributed by atoms with Gasteiger partial charge in [0.25, 0.3) is 17.7 Å². The number of nitrogens with one attached hydrogen (secondary N) is 3. The molecule has 0 bridgehead atoms. The van der Waals surface area contributed by atoms with E-state index in [1.54, 1.807) is 6.07 Å². The second kappa shape index (κ2) is 12.0. The molecule has 10 nitrogen and oxygen atoms in total. The van der Waals surface area contributed by atoms with Crippen LogP contribution in [0.15, 0.2) is 70.1 Å². The molecule has 2 aromatic carbocycles. The van der Waals surface area contributed by atoms with Gasteiger partial charge in [-0.15, -0.1) is 0 Å². The first-order chi connectivity index (χ1) is 17.4. The number of carbonyl (C=O) groups excluding carboxylic acids is 4. The predicted molar refractivity (Wildman–Crippen MR) is 141 cm³/mol. The standard InChI is InChI=1S/C24H21Cl2N5O5S/c1-14(32)27-13-22(33)31-37(2,36)18-7-3-15(4-8-18)23(34)29-20-9-5-16(25)11-19(20)24(35)30-21-10-6-17(26)12-28-21/h3-12H,13H2,1-2H3,(H,27,32)(H,29,34)(H,28,30,35). The summed E-state index contributed by atoms with van der Waals surface area (Å²) in [6.07, 6.45) is 2.66. The van der Waals surface area contributed by atoms with Gasteiger partial charge in [0, 0.05) is 34.9 Å². The molecule has 0 saturated heterocycles. The number of aromatic nitrogens is 1. The van der Waals surface area contributed by atoms with Gasteiger partial charge < -0.3 is 16.0 Å². The fourth-order valence-electron chi connectivity index (χ4n) is 2.98. The summed E-state index contributed by atoms with van der Waals surface area (Å²) >= 11 is 11.9. The highest BCUT2D eigenvalue weighted by Gasteiger charge is 2.17. The summed E-state index contributed by atoms with van der Waals surface area (Å²) in [6.45, 7) is 0.877. The molecule has 3 N–H and O–H groups in total. The van der Waals surface area contributed by atoms with Crippen molar-refractivity contribution < 1.29 is 23.4 Å². The van der Waals surface area contributed by atoms with Crippen LogP contribution in [0, 0.1) is 0 Å². The summed E-state index contributed by atoms with van der Waals surface area (Å²) < 4.78 is 16.5. The Morgan fingerprint density at radius 2 is 1.59 bits per heavy atom. The van der Waals surface area contributed by atoms with Gasteiger partial charge in [-0.25, -0.2) is 9.19 Å². The maximum atomic E-state index is 12.9. The van der Waals surface area contributed by atoms with E-state index >= 15 is 0 Å². The van der Waals surface area contributed by atoms with Crippen molar-refractivity contribution >= 4 is 68.1 Å². The smallest absolute Gasteiger partial charge is 0.273 e. The fourth-order valence-corrected chi connectivity index (χ4v) is 4.46. The first kappa shape index (κ1) is 27.8. The molecule has 1 heterocycles. The Bertz CT molecular complexity index is 1480. The number of pyridine rings is 1. The molecule has 192 valence electrons. The van der Waals surface area contributed by atoms with Gasteiger partial charge in [-0.1, -0.05) is 23.2 Å². The lowest BCUT2D eigenvalue weighted by Gasteiger charge is -2.12. The number of rotatable bonds is 7. The van der Waals surface area contributed by atoms with Crippen molar-refractivity contribution in [2.75, 3.05) is 23.4 Å². The van der Waals surface area contributed by atoms with Crippen molar-refractivity contribution in [2.24, 2.45) is 4.36 Å². The minimum atomic E-state index is -3.10. The van der Waals surface area contributed by atoms with E-state index < -0.39 is 33.4 Å². The molecule has 0 saturated carbocycles. The molecule has 0 fully saturated rings. The Hall–Kier alpha value is -3.80. The van der Waals surface area contributed by atoms with Crippen LogP contribution in [-0.2, 0) is 19.3 Å². The predicted octanol–water partition coefficient (Wildman–Crippen LogP) is 4.01. The number of nitrogens with zero attached hydrogens (tertiary/aromatic N) is 2. The van der Waals surface area contributed by atoms with Crippen molar-refractivity contribution in [3.63, 3.8) is 0 Å². The monoisotopic (exact) mass is 561 g/mol. The maximum absolute atomic E-state index is 12.9. The van der Waals surface area contributed by atoms with Crippen molar-refractivity contribution in [3.05, 3.63) is 82.0 Å². The molecule has 0 aliphatic heterocycles. The highest BCUT2D eigenvalue weighted by Crippen LogP contribution is 2.23. The summed E-state index contributed by atoms with van der Waals surface area (Å²) in [7, 11) is -3.10. The second-order valence-corrected chi connectivity index (χ2v) is 10.8. The van der Waals surface area contributed by atoms with E-state index in [0.717, 1.165) is 0 Å². The molecule has 0 aliphatic carbocycles. The molecule has 3 aromatic rings. The zero-order valence-electron chi connectivity index (χ0n) is 19.6. The maximum Gasteiger partial charge on any atom is 0.273 e. The minimum Gasteiger partial charge on any atom is -0.347 e. The van der Waals surface area contributed by atoms with Crippen LogP contribution in [0.2, 0.25) is 10.0 Å². The molecule has 3 rings (SSSR count). The number of halogens is 2. The van der Waals surface area contributed by atoms with Crippen molar-refractivity contribution in [3.8, 4) is 0 Å². The van der Waals surface area contributed by atoms with E-state index in [0.29, 0.717) is 5.02 Å². The Balaban J connectivity index is 1.77. The van der Waals surface area contributed by atoms with Gasteiger partial charge in [0.2, 0.25) is 5.91 Å². The van der Waals surface area contributed by atoms with Gasteiger partial charge in [-0.05, 0) is 54.6 Å². The molecule has 1 unspecified atom stereocenters. The Morgan fingerprint density at radius 1 is 0.919 bits per heavy atom. The molecular weight excluding hydrogens is 541 g/mol. The fraction of sp³-hybridized carbons (Fsp3) is 0.125. The molecule has 13 heteroatoms. The third-order valence-corrected chi connectivity index (χ3v) is 6.92. The van der Waals surface area contributed by atoms with Crippen LogP contribution in [0.3, 0.4) is 0 Å². The summed E-state index contributed by atoms with van der Waals surface area (Å²) in [5.41, 5.74) is 0.495. The van der Waals surface area contributed by atoms with Crippen molar-refractivity contribution in [1.29, 1.82) is 0 Å². The molecule has 37 heavy (non-hydrogen) atoms. The molecule has 4 amide bonds. The van der Waals surface area contributed by atoms with Gasteiger partial charge in [-0.3, -0.25) is 19.2 Å². The molecule has 0 radical (unpaired) electrons. The lowest BCUT2D eigenvalue weighted by molar-refractivity contribution is -0.123. The topological polar surface area (TPSA) is 147 Å². The summed E-state index contributed by atoms with van der Waals surface area (Å²) in [5.74, 6) is -2.00. The Kier molecular flexibility index (Phi) is 8.98. The van der Waals surface area contributed by atoms with E-state index in [4.69, 9.17) is 23.2 Å². The van der Waals surface area contributed by atoms with Crippen LogP contribution in [0.4, 0.5) is 11.5 Å². The van der Waals surface area contributed by atoms with Crippen LogP contribution < -0.4 is 16.0 Å². The number of hydrogen-bond donors (Lipinski definition) is 3. The number of hydrogen-bond acceptors (Lipinski definition) is 6. The average molecular weight is 562 g/mol. The molecule has 0 aliphatic rings. The third kappa shape index (κ3) is 7.84. The average Bonchev–Trinajstić information content (AvgIpc) is 2.85. The largest absolute Gasteiger partial charge is 0.347 e. The highest BCUT2D eigenvalue weighted by atomic mass is 35.5. The lowest BCUT2D eigenvalue weighted by atomic mass is 10.1. The van der Waals surface area contributed by atoms with Gasteiger partial charge in [0.15, 0.2) is 0 Å². The molecular formula is C24H21Cl2N5O5S. The SMILES string of the molecule is CC(=O)NCC(=O)N=S(C)(=O)c1ccc(C(=O)Nc2ccc(Cl)cc2C(=O)Nc2ccc(Cl)cn2)cc1. The van der Waals surface area contributed by atoms with Crippen molar-refractivity contribution in [2.45, 2.75) is 11.8 Å². The van der Waals surface area contributed by atoms with Crippen LogP contribution in [0.25, 0.3) is 0 Å². The number of carbonyl (C=O) groups is 4. The van der Waals surface area contributed by atoms with E-state index in [1.807, 2.05) is 0 Å². The van der Waals surface area contributed by atoms with Gasteiger partial charge >= 0.3 is 0 Å². The second-order valence-electron chi connectivity index (χ2n) is 7.68. The molecule has 1 aromatic heterocycles. The number of benzene rings is 2. The van der Waals surface area contributed by atoms with Gasteiger partial charge in [-0.2, -0.15) is 4.36 Å². The van der Waals surface area contributed by atoms with Crippen LogP contribution in [0.1, 0.15) is 27.6 Å². The quantitative estimate of drug-likeness (QED) is 0.397. The van der Waals surface area contributed by atoms with Gasteiger partial charge in [0.05, 0.1) is 32.5 Å². The van der Waals surface area contributed by atoms with Crippen LogP contribution >= 0.6 is 23.2 Å². The van der Waals surface area contributed by atoms with Crippen molar-refractivity contribution in [1.82, 2.24) is 10.3 Å². The van der Waals surface area contributed by atoms with E-state index in [9.17, 15) is 23.4 Å².